The molecule has 1 aromatic heterocycles. The van der Waals surface area contributed by atoms with Crippen LogP contribution in [0.4, 0.5) is 5.82 Å². The van der Waals surface area contributed by atoms with Gasteiger partial charge in [-0.05, 0) is 36.9 Å². The van der Waals surface area contributed by atoms with Gasteiger partial charge in [-0.1, -0.05) is 0 Å². The molecule has 0 aliphatic heterocycles. The minimum Gasteiger partial charge on any atom is -0.372 e. The van der Waals surface area contributed by atoms with Crippen molar-refractivity contribution in [3.05, 3.63) is 16.0 Å². The quantitative estimate of drug-likeness (QED) is 0.896. The second-order valence-electron chi connectivity index (χ2n) is 3.38. The molecule has 1 heterocycles. The summed E-state index contributed by atoms with van der Waals surface area (Å²) in [5.41, 5.74) is 0.959. The van der Waals surface area contributed by atoms with Gasteiger partial charge in [0.05, 0.1) is 16.7 Å². The second kappa shape index (κ2) is 4.70. The summed E-state index contributed by atoms with van der Waals surface area (Å²) in [4.78, 5) is 10.8. The zero-order chi connectivity index (χ0) is 10.7. The highest BCUT2D eigenvalue weighted by Crippen LogP contribution is 2.22. The van der Waals surface area contributed by atoms with Crippen LogP contribution in [0.25, 0.3) is 0 Å². The standard InChI is InChI=1S/C9H15BrN4/c1-6-8(10)9(11-2)13-7(12-6)5-14(3)4/h5H2,1-4H3,(H,11,12,13). The van der Waals surface area contributed by atoms with Gasteiger partial charge >= 0.3 is 0 Å². The van der Waals surface area contributed by atoms with Crippen molar-refractivity contribution in [3.8, 4) is 0 Å². The van der Waals surface area contributed by atoms with Crippen LogP contribution in [0.5, 0.6) is 0 Å². The topological polar surface area (TPSA) is 41.1 Å². The van der Waals surface area contributed by atoms with Crippen molar-refractivity contribution in [3.63, 3.8) is 0 Å². The first-order chi connectivity index (χ1) is 6.54. The fourth-order valence-corrected chi connectivity index (χ4v) is 1.51. The lowest BCUT2D eigenvalue weighted by molar-refractivity contribution is 0.390. The molecule has 0 aliphatic rings. The van der Waals surface area contributed by atoms with E-state index in [1.165, 1.54) is 0 Å². The van der Waals surface area contributed by atoms with Crippen molar-refractivity contribution >= 4 is 21.7 Å². The van der Waals surface area contributed by atoms with Gasteiger partial charge in [-0.3, -0.25) is 0 Å². The number of nitrogens with one attached hydrogen (secondary N) is 1. The van der Waals surface area contributed by atoms with E-state index in [9.17, 15) is 0 Å². The number of hydrogen-bond donors (Lipinski definition) is 1. The van der Waals surface area contributed by atoms with Gasteiger partial charge in [0.1, 0.15) is 11.6 Å². The monoisotopic (exact) mass is 258 g/mol. The van der Waals surface area contributed by atoms with Crippen LogP contribution in [-0.2, 0) is 6.54 Å². The lowest BCUT2D eigenvalue weighted by atomic mass is 10.4. The van der Waals surface area contributed by atoms with Gasteiger partial charge < -0.3 is 10.2 Å². The molecule has 0 spiro atoms. The van der Waals surface area contributed by atoms with E-state index in [0.29, 0.717) is 0 Å². The van der Waals surface area contributed by atoms with E-state index in [4.69, 9.17) is 0 Å². The smallest absolute Gasteiger partial charge is 0.145 e. The first kappa shape index (κ1) is 11.4. The zero-order valence-corrected chi connectivity index (χ0v) is 10.5. The van der Waals surface area contributed by atoms with Crippen molar-refractivity contribution < 1.29 is 0 Å². The maximum absolute atomic E-state index is 4.38. The van der Waals surface area contributed by atoms with Gasteiger partial charge in [0, 0.05) is 7.05 Å². The molecule has 0 radical (unpaired) electrons. The molecule has 0 unspecified atom stereocenters. The Morgan fingerprint density at radius 1 is 1.36 bits per heavy atom. The van der Waals surface area contributed by atoms with Crippen LogP contribution in [0, 0.1) is 6.92 Å². The molecule has 0 bridgehead atoms. The number of aryl methyl sites for hydroxylation is 1. The molecule has 0 aromatic carbocycles. The van der Waals surface area contributed by atoms with Gasteiger partial charge in [0.15, 0.2) is 0 Å². The third-order valence-electron chi connectivity index (χ3n) is 1.76. The molecule has 4 nitrogen and oxygen atoms in total. The van der Waals surface area contributed by atoms with Crippen molar-refractivity contribution in [2.75, 3.05) is 26.5 Å². The zero-order valence-electron chi connectivity index (χ0n) is 8.93. The van der Waals surface area contributed by atoms with Gasteiger partial charge in [-0.15, -0.1) is 0 Å². The molecule has 1 N–H and O–H groups in total. The van der Waals surface area contributed by atoms with E-state index in [0.717, 1.165) is 28.4 Å². The Bertz CT molecular complexity index is 325. The maximum atomic E-state index is 4.38. The van der Waals surface area contributed by atoms with Crippen LogP contribution < -0.4 is 5.32 Å². The Kier molecular flexibility index (Phi) is 3.83. The van der Waals surface area contributed by atoms with Crippen molar-refractivity contribution in [2.24, 2.45) is 0 Å². The molecular formula is C9H15BrN4. The molecule has 5 heteroatoms. The Balaban J connectivity index is 3.03. The molecule has 1 aromatic rings. The molecule has 0 aliphatic carbocycles. The number of hydrogen-bond acceptors (Lipinski definition) is 4. The number of halogens is 1. The molecule has 0 saturated heterocycles. The van der Waals surface area contributed by atoms with Gasteiger partial charge in [-0.25, -0.2) is 9.97 Å². The lowest BCUT2D eigenvalue weighted by Gasteiger charge is -2.11. The highest BCUT2D eigenvalue weighted by Gasteiger charge is 2.08. The van der Waals surface area contributed by atoms with E-state index in [1.807, 2.05) is 33.0 Å². The third-order valence-corrected chi connectivity index (χ3v) is 2.71. The van der Waals surface area contributed by atoms with E-state index in [-0.39, 0.29) is 0 Å². The summed E-state index contributed by atoms with van der Waals surface area (Å²) in [5, 5.41) is 3.03. The molecule has 1 rings (SSSR count). The summed E-state index contributed by atoms with van der Waals surface area (Å²) in [6.45, 7) is 2.72. The summed E-state index contributed by atoms with van der Waals surface area (Å²) in [6.07, 6.45) is 0. The Morgan fingerprint density at radius 3 is 2.50 bits per heavy atom. The van der Waals surface area contributed by atoms with Crippen LogP contribution >= 0.6 is 15.9 Å². The summed E-state index contributed by atoms with van der Waals surface area (Å²) < 4.78 is 0.933. The van der Waals surface area contributed by atoms with Gasteiger partial charge in [-0.2, -0.15) is 0 Å². The third kappa shape index (κ3) is 2.65. The minimum absolute atomic E-state index is 0.753. The first-order valence-electron chi connectivity index (χ1n) is 4.40. The molecule has 0 saturated carbocycles. The molecule has 14 heavy (non-hydrogen) atoms. The fraction of sp³-hybridized carbons (Fsp3) is 0.556. The summed E-state index contributed by atoms with van der Waals surface area (Å²) in [5.74, 6) is 1.68. The lowest BCUT2D eigenvalue weighted by Crippen LogP contribution is -2.14. The summed E-state index contributed by atoms with van der Waals surface area (Å²) >= 11 is 3.44. The second-order valence-corrected chi connectivity index (χ2v) is 4.17. The van der Waals surface area contributed by atoms with Crippen molar-refractivity contribution in [1.29, 1.82) is 0 Å². The van der Waals surface area contributed by atoms with Crippen LogP contribution in [0.2, 0.25) is 0 Å². The fourth-order valence-electron chi connectivity index (χ4n) is 1.14. The van der Waals surface area contributed by atoms with Crippen LogP contribution in [0.15, 0.2) is 4.47 Å². The van der Waals surface area contributed by atoms with E-state index in [2.05, 4.69) is 31.2 Å². The predicted octanol–water partition coefficient (Wildman–Crippen LogP) is 1.65. The molecule has 0 fully saturated rings. The molecule has 78 valence electrons. The largest absolute Gasteiger partial charge is 0.372 e. The predicted molar refractivity (Wildman–Crippen MR) is 61.4 cm³/mol. The Morgan fingerprint density at radius 2 is 2.00 bits per heavy atom. The van der Waals surface area contributed by atoms with Crippen LogP contribution in [-0.4, -0.2) is 36.0 Å². The number of rotatable bonds is 3. The van der Waals surface area contributed by atoms with Crippen molar-refractivity contribution in [2.45, 2.75) is 13.5 Å². The van der Waals surface area contributed by atoms with Gasteiger partial charge in [0.2, 0.25) is 0 Å². The normalized spacial score (nSPS) is 10.7. The minimum atomic E-state index is 0.753. The average Bonchev–Trinajstić information content (AvgIpc) is 2.10. The van der Waals surface area contributed by atoms with E-state index >= 15 is 0 Å². The number of aromatic nitrogens is 2. The Labute approximate surface area is 92.9 Å². The molecule has 0 atom stereocenters. The van der Waals surface area contributed by atoms with Crippen molar-refractivity contribution in [1.82, 2.24) is 14.9 Å². The van der Waals surface area contributed by atoms with Gasteiger partial charge in [0.25, 0.3) is 0 Å². The van der Waals surface area contributed by atoms with E-state index < -0.39 is 0 Å². The number of anilines is 1. The maximum Gasteiger partial charge on any atom is 0.145 e. The highest BCUT2D eigenvalue weighted by molar-refractivity contribution is 9.10. The molecule has 0 amide bonds. The first-order valence-corrected chi connectivity index (χ1v) is 5.19. The van der Waals surface area contributed by atoms with Crippen LogP contribution in [0.3, 0.4) is 0 Å². The van der Waals surface area contributed by atoms with Crippen LogP contribution in [0.1, 0.15) is 11.5 Å². The average molecular weight is 259 g/mol. The summed E-state index contributed by atoms with van der Waals surface area (Å²) in [7, 11) is 5.85. The highest BCUT2D eigenvalue weighted by atomic mass is 79.9. The van der Waals surface area contributed by atoms with E-state index in [1.54, 1.807) is 0 Å². The Hall–Kier alpha value is -0.680. The molecular weight excluding hydrogens is 244 g/mol. The summed E-state index contributed by atoms with van der Waals surface area (Å²) in [6, 6.07) is 0. The number of nitrogens with zero attached hydrogens (tertiary/aromatic N) is 3. The SMILES string of the molecule is CNc1nc(CN(C)C)nc(C)c1Br.